The maximum Gasteiger partial charge on any atom is 0.342 e. The van der Waals surface area contributed by atoms with Gasteiger partial charge in [-0.05, 0) is 29.8 Å². The molecular formula is C16H15ClO4. The summed E-state index contributed by atoms with van der Waals surface area (Å²) in [7, 11) is 3.04. The van der Waals surface area contributed by atoms with Crippen molar-refractivity contribution in [3.63, 3.8) is 0 Å². The number of carbonyl (C=O) groups is 1. The van der Waals surface area contributed by atoms with Crippen molar-refractivity contribution in [2.75, 3.05) is 14.2 Å². The number of rotatable bonds is 5. The van der Waals surface area contributed by atoms with Crippen LogP contribution in [0.3, 0.4) is 0 Å². The first-order valence-electron chi connectivity index (χ1n) is 6.27. The van der Waals surface area contributed by atoms with Gasteiger partial charge in [-0.25, -0.2) is 4.79 Å². The third kappa shape index (κ3) is 3.89. The Labute approximate surface area is 128 Å². The van der Waals surface area contributed by atoms with E-state index in [1.807, 2.05) is 0 Å². The molecule has 0 amide bonds. The Morgan fingerprint density at radius 1 is 1.05 bits per heavy atom. The Morgan fingerprint density at radius 2 is 1.76 bits per heavy atom. The van der Waals surface area contributed by atoms with E-state index in [1.54, 1.807) is 49.6 Å². The fourth-order valence-corrected chi connectivity index (χ4v) is 1.90. The molecule has 0 saturated carbocycles. The number of esters is 1. The zero-order valence-electron chi connectivity index (χ0n) is 11.8. The minimum absolute atomic E-state index is 0.172. The monoisotopic (exact) mass is 306 g/mol. The van der Waals surface area contributed by atoms with Crippen LogP contribution in [0.1, 0.15) is 15.9 Å². The van der Waals surface area contributed by atoms with E-state index < -0.39 is 5.97 Å². The van der Waals surface area contributed by atoms with E-state index in [0.717, 1.165) is 5.56 Å². The predicted molar refractivity (Wildman–Crippen MR) is 80.1 cm³/mol. The van der Waals surface area contributed by atoms with Crippen molar-refractivity contribution in [3.8, 4) is 11.5 Å². The van der Waals surface area contributed by atoms with E-state index in [0.29, 0.717) is 22.1 Å². The Hall–Kier alpha value is -2.20. The molecule has 0 aromatic heterocycles. The van der Waals surface area contributed by atoms with Crippen molar-refractivity contribution < 1.29 is 19.0 Å². The fraction of sp³-hybridized carbons (Fsp3) is 0.188. The zero-order valence-corrected chi connectivity index (χ0v) is 12.5. The molecule has 0 aliphatic heterocycles. The third-order valence-corrected chi connectivity index (χ3v) is 3.16. The molecule has 2 rings (SSSR count). The van der Waals surface area contributed by atoms with Gasteiger partial charge in [-0.3, -0.25) is 0 Å². The van der Waals surface area contributed by atoms with Crippen LogP contribution in [-0.2, 0) is 11.3 Å². The highest BCUT2D eigenvalue weighted by molar-refractivity contribution is 6.30. The summed E-state index contributed by atoms with van der Waals surface area (Å²) in [5.74, 6) is 0.570. The smallest absolute Gasteiger partial charge is 0.342 e. The van der Waals surface area contributed by atoms with E-state index in [2.05, 4.69) is 0 Å². The number of benzene rings is 2. The molecule has 2 aromatic rings. The lowest BCUT2D eigenvalue weighted by Gasteiger charge is -2.10. The lowest BCUT2D eigenvalue weighted by molar-refractivity contribution is 0.0469. The van der Waals surface area contributed by atoms with E-state index in [4.69, 9.17) is 25.8 Å². The molecule has 0 spiro atoms. The second-order valence-corrected chi connectivity index (χ2v) is 4.71. The average molecular weight is 307 g/mol. The lowest BCUT2D eigenvalue weighted by Crippen LogP contribution is -2.07. The average Bonchev–Trinajstić information content (AvgIpc) is 2.53. The minimum Gasteiger partial charge on any atom is -0.497 e. The van der Waals surface area contributed by atoms with E-state index in [9.17, 15) is 4.79 Å². The summed E-state index contributed by atoms with van der Waals surface area (Å²) >= 11 is 5.80. The van der Waals surface area contributed by atoms with Gasteiger partial charge in [0.2, 0.25) is 0 Å². The van der Waals surface area contributed by atoms with Crippen LogP contribution in [0.15, 0.2) is 42.5 Å². The molecule has 0 aliphatic rings. The molecule has 2 aromatic carbocycles. The standard InChI is InChI=1S/C16H15ClO4/c1-19-13-7-8-14(15(9-13)20-2)16(18)21-10-11-3-5-12(17)6-4-11/h3-9H,10H2,1-2H3. The van der Waals surface area contributed by atoms with Crippen molar-refractivity contribution in [1.29, 1.82) is 0 Å². The molecule has 4 nitrogen and oxygen atoms in total. The predicted octanol–water partition coefficient (Wildman–Crippen LogP) is 3.71. The van der Waals surface area contributed by atoms with Gasteiger partial charge in [0.25, 0.3) is 0 Å². The van der Waals surface area contributed by atoms with Crippen LogP contribution < -0.4 is 9.47 Å². The molecule has 0 fully saturated rings. The van der Waals surface area contributed by atoms with Gasteiger partial charge in [-0.1, -0.05) is 23.7 Å². The van der Waals surface area contributed by atoms with E-state index in [1.165, 1.54) is 7.11 Å². The first-order chi connectivity index (χ1) is 10.1. The van der Waals surface area contributed by atoms with Gasteiger partial charge in [-0.15, -0.1) is 0 Å². The number of carbonyl (C=O) groups excluding carboxylic acids is 1. The number of methoxy groups -OCH3 is 2. The summed E-state index contributed by atoms with van der Waals surface area (Å²) in [5.41, 5.74) is 1.22. The zero-order chi connectivity index (χ0) is 15.2. The first-order valence-corrected chi connectivity index (χ1v) is 6.65. The molecule has 0 N–H and O–H groups in total. The van der Waals surface area contributed by atoms with Gasteiger partial charge < -0.3 is 14.2 Å². The highest BCUT2D eigenvalue weighted by Gasteiger charge is 2.14. The van der Waals surface area contributed by atoms with Crippen LogP contribution in [0.4, 0.5) is 0 Å². The molecule has 0 heterocycles. The molecule has 0 aliphatic carbocycles. The van der Waals surface area contributed by atoms with Gasteiger partial charge >= 0.3 is 5.97 Å². The molecular weight excluding hydrogens is 292 g/mol. The van der Waals surface area contributed by atoms with Crippen LogP contribution in [0, 0.1) is 0 Å². The Morgan fingerprint density at radius 3 is 2.38 bits per heavy atom. The fourth-order valence-electron chi connectivity index (χ4n) is 1.77. The van der Waals surface area contributed by atoms with Crippen LogP contribution >= 0.6 is 11.6 Å². The summed E-state index contributed by atoms with van der Waals surface area (Å²) in [6.45, 7) is 0.172. The second-order valence-electron chi connectivity index (χ2n) is 4.27. The van der Waals surface area contributed by atoms with Crippen molar-refractivity contribution in [3.05, 3.63) is 58.6 Å². The molecule has 0 saturated heterocycles. The highest BCUT2D eigenvalue weighted by Crippen LogP contribution is 2.25. The number of hydrogen-bond donors (Lipinski definition) is 0. The highest BCUT2D eigenvalue weighted by atomic mass is 35.5. The van der Waals surface area contributed by atoms with Crippen molar-refractivity contribution >= 4 is 17.6 Å². The van der Waals surface area contributed by atoms with Gasteiger partial charge in [0.1, 0.15) is 23.7 Å². The summed E-state index contributed by atoms with van der Waals surface area (Å²) in [6, 6.07) is 12.0. The Balaban J connectivity index is 2.07. The minimum atomic E-state index is -0.454. The second kappa shape index (κ2) is 6.99. The molecule has 5 heteroatoms. The van der Waals surface area contributed by atoms with Gasteiger partial charge in [0, 0.05) is 11.1 Å². The first kappa shape index (κ1) is 15.2. The molecule has 0 unspecified atom stereocenters. The van der Waals surface area contributed by atoms with Crippen LogP contribution in [0.25, 0.3) is 0 Å². The Kier molecular flexibility index (Phi) is 5.06. The van der Waals surface area contributed by atoms with Crippen LogP contribution in [0.2, 0.25) is 5.02 Å². The number of halogens is 1. The van der Waals surface area contributed by atoms with Crippen molar-refractivity contribution in [2.24, 2.45) is 0 Å². The van der Waals surface area contributed by atoms with Crippen LogP contribution in [-0.4, -0.2) is 20.2 Å². The van der Waals surface area contributed by atoms with E-state index >= 15 is 0 Å². The maximum atomic E-state index is 12.1. The summed E-state index contributed by atoms with van der Waals surface area (Å²) in [4.78, 5) is 12.1. The Bertz CT molecular complexity index is 623. The van der Waals surface area contributed by atoms with Crippen molar-refractivity contribution in [2.45, 2.75) is 6.61 Å². The summed E-state index contributed by atoms with van der Waals surface area (Å²) in [6.07, 6.45) is 0. The van der Waals surface area contributed by atoms with Crippen LogP contribution in [0.5, 0.6) is 11.5 Å². The van der Waals surface area contributed by atoms with E-state index in [-0.39, 0.29) is 6.61 Å². The molecule has 110 valence electrons. The maximum absolute atomic E-state index is 12.1. The number of hydrogen-bond acceptors (Lipinski definition) is 4. The topological polar surface area (TPSA) is 44.8 Å². The molecule has 0 bridgehead atoms. The largest absolute Gasteiger partial charge is 0.497 e. The third-order valence-electron chi connectivity index (χ3n) is 2.91. The normalized spacial score (nSPS) is 10.0. The van der Waals surface area contributed by atoms with Gasteiger partial charge in [0.05, 0.1) is 14.2 Å². The lowest BCUT2D eigenvalue weighted by atomic mass is 10.2. The van der Waals surface area contributed by atoms with Gasteiger partial charge in [-0.2, -0.15) is 0 Å². The quantitative estimate of drug-likeness (QED) is 0.790. The summed E-state index contributed by atoms with van der Waals surface area (Å²) in [5, 5.41) is 0.641. The molecule has 21 heavy (non-hydrogen) atoms. The van der Waals surface area contributed by atoms with Crippen molar-refractivity contribution in [1.82, 2.24) is 0 Å². The molecule has 0 atom stereocenters. The van der Waals surface area contributed by atoms with Gasteiger partial charge in [0.15, 0.2) is 0 Å². The molecule has 0 radical (unpaired) electrons. The SMILES string of the molecule is COc1ccc(C(=O)OCc2ccc(Cl)cc2)c(OC)c1. The summed E-state index contributed by atoms with van der Waals surface area (Å²) < 4.78 is 15.5. The number of ether oxygens (including phenoxy) is 3.